The van der Waals surface area contributed by atoms with E-state index in [-0.39, 0.29) is 6.10 Å². The van der Waals surface area contributed by atoms with Crippen molar-refractivity contribution in [3.8, 4) is 5.75 Å². The lowest BCUT2D eigenvalue weighted by Gasteiger charge is -2.36. The van der Waals surface area contributed by atoms with Crippen LogP contribution in [0, 0.1) is 5.92 Å². The molecule has 0 radical (unpaired) electrons. The zero-order valence-electron chi connectivity index (χ0n) is 10.1. The number of aliphatic hydroxyl groups is 1. The Morgan fingerprint density at radius 3 is 2.78 bits per heavy atom. The van der Waals surface area contributed by atoms with E-state index in [2.05, 4.69) is 15.9 Å². The number of aliphatic hydroxyl groups excluding tert-OH is 1. The van der Waals surface area contributed by atoms with Gasteiger partial charge in [-0.25, -0.2) is 0 Å². The van der Waals surface area contributed by atoms with Crippen molar-refractivity contribution < 1.29 is 14.6 Å². The Bertz CT molecular complexity index is 429. The largest absolute Gasteiger partial charge is 0.490 e. The van der Waals surface area contributed by atoms with Gasteiger partial charge in [0.1, 0.15) is 11.9 Å². The second kappa shape index (κ2) is 5.19. The first-order chi connectivity index (χ1) is 8.74. The van der Waals surface area contributed by atoms with Gasteiger partial charge in [0.05, 0.1) is 6.10 Å². The fourth-order valence-electron chi connectivity index (χ4n) is 2.82. The van der Waals surface area contributed by atoms with Crippen molar-refractivity contribution in [2.45, 2.75) is 31.5 Å². The Hall–Kier alpha value is -0.580. The minimum Gasteiger partial charge on any atom is -0.490 e. The summed E-state index contributed by atoms with van der Waals surface area (Å²) >= 11 is 3.44. The van der Waals surface area contributed by atoms with E-state index in [0.717, 1.165) is 41.8 Å². The highest BCUT2D eigenvalue weighted by atomic mass is 79.9. The van der Waals surface area contributed by atoms with E-state index in [1.807, 2.05) is 18.2 Å². The summed E-state index contributed by atoms with van der Waals surface area (Å²) in [5.41, 5.74) is 0.904. The highest BCUT2D eigenvalue weighted by Gasteiger charge is 2.33. The molecule has 2 aliphatic rings. The Balaban J connectivity index is 1.81. The quantitative estimate of drug-likeness (QED) is 0.866. The molecule has 2 aliphatic heterocycles. The summed E-state index contributed by atoms with van der Waals surface area (Å²) in [6, 6.07) is 5.83. The summed E-state index contributed by atoms with van der Waals surface area (Å²) in [5, 5.41) is 10.2. The molecule has 2 atom stereocenters. The number of rotatable bonds is 1. The molecule has 3 nitrogen and oxygen atoms in total. The van der Waals surface area contributed by atoms with E-state index in [9.17, 15) is 5.11 Å². The van der Waals surface area contributed by atoms with Crippen molar-refractivity contribution in [1.82, 2.24) is 0 Å². The van der Waals surface area contributed by atoms with Crippen LogP contribution in [0.25, 0.3) is 0 Å². The van der Waals surface area contributed by atoms with Gasteiger partial charge in [-0.15, -0.1) is 0 Å². The first-order valence-corrected chi connectivity index (χ1v) is 7.25. The molecule has 2 unspecified atom stereocenters. The molecule has 1 saturated heterocycles. The number of fused-ring (bicyclic) bond motifs is 1. The lowest BCUT2D eigenvalue weighted by Crippen LogP contribution is -2.36. The molecule has 1 aromatic rings. The third kappa shape index (κ3) is 2.42. The van der Waals surface area contributed by atoms with Crippen molar-refractivity contribution in [3.05, 3.63) is 28.2 Å². The summed E-state index contributed by atoms with van der Waals surface area (Å²) in [6.07, 6.45) is 2.46. The van der Waals surface area contributed by atoms with Crippen molar-refractivity contribution in [2.75, 3.05) is 13.2 Å². The molecule has 3 rings (SSSR count). The van der Waals surface area contributed by atoms with Crippen LogP contribution >= 0.6 is 15.9 Å². The summed E-state index contributed by atoms with van der Waals surface area (Å²) in [6.45, 7) is 1.62. The molecule has 98 valence electrons. The molecule has 2 heterocycles. The molecule has 0 aromatic heterocycles. The predicted molar refractivity (Wildman–Crippen MR) is 71.7 cm³/mol. The molecule has 0 aliphatic carbocycles. The number of benzene rings is 1. The van der Waals surface area contributed by atoms with Crippen LogP contribution in [0.1, 0.15) is 30.9 Å². The van der Waals surface area contributed by atoms with Crippen molar-refractivity contribution in [3.63, 3.8) is 0 Å². The number of ether oxygens (including phenoxy) is 2. The van der Waals surface area contributed by atoms with Crippen LogP contribution in [0.15, 0.2) is 22.7 Å². The minimum atomic E-state index is -0.408. The maximum Gasteiger partial charge on any atom is 0.126 e. The van der Waals surface area contributed by atoms with Gasteiger partial charge in [0.25, 0.3) is 0 Å². The monoisotopic (exact) mass is 312 g/mol. The Labute approximate surface area is 115 Å². The first-order valence-electron chi connectivity index (χ1n) is 6.46. The SMILES string of the molecule is OC1CC(C2CCOCC2)Oc2cc(Br)ccc21. The number of hydrogen-bond donors (Lipinski definition) is 1. The van der Waals surface area contributed by atoms with E-state index in [4.69, 9.17) is 9.47 Å². The topological polar surface area (TPSA) is 38.7 Å². The number of halogens is 1. The molecular weight excluding hydrogens is 296 g/mol. The van der Waals surface area contributed by atoms with E-state index in [1.54, 1.807) is 0 Å². The van der Waals surface area contributed by atoms with Crippen LogP contribution in [-0.2, 0) is 4.74 Å². The summed E-state index contributed by atoms with van der Waals surface area (Å²) in [5.74, 6) is 1.32. The molecular formula is C14H17BrO3. The standard InChI is InChI=1S/C14H17BrO3/c15-10-1-2-11-12(16)8-13(18-14(11)7-10)9-3-5-17-6-4-9/h1-2,7,9,12-13,16H,3-6,8H2. The van der Waals surface area contributed by atoms with Crippen LogP contribution < -0.4 is 4.74 Å². The van der Waals surface area contributed by atoms with Crippen LogP contribution in [0.2, 0.25) is 0 Å². The van der Waals surface area contributed by atoms with Crippen molar-refractivity contribution in [2.24, 2.45) is 5.92 Å². The molecule has 1 fully saturated rings. The summed E-state index contributed by atoms with van der Waals surface area (Å²) < 4.78 is 12.4. The second-order valence-corrected chi connectivity index (χ2v) is 5.96. The average Bonchev–Trinajstić information content (AvgIpc) is 2.39. The van der Waals surface area contributed by atoms with Gasteiger partial charge in [0, 0.05) is 35.6 Å². The lowest BCUT2D eigenvalue weighted by molar-refractivity contribution is -0.0150. The Morgan fingerprint density at radius 2 is 2.00 bits per heavy atom. The van der Waals surface area contributed by atoms with E-state index >= 15 is 0 Å². The van der Waals surface area contributed by atoms with Crippen molar-refractivity contribution >= 4 is 15.9 Å². The van der Waals surface area contributed by atoms with E-state index < -0.39 is 6.10 Å². The number of hydrogen-bond acceptors (Lipinski definition) is 3. The van der Waals surface area contributed by atoms with Gasteiger partial charge >= 0.3 is 0 Å². The molecule has 0 saturated carbocycles. The van der Waals surface area contributed by atoms with E-state index in [0.29, 0.717) is 12.3 Å². The fraction of sp³-hybridized carbons (Fsp3) is 0.571. The van der Waals surface area contributed by atoms with Gasteiger partial charge < -0.3 is 14.6 Å². The van der Waals surface area contributed by atoms with Crippen LogP contribution in [-0.4, -0.2) is 24.4 Å². The van der Waals surface area contributed by atoms with Crippen molar-refractivity contribution in [1.29, 1.82) is 0 Å². The summed E-state index contributed by atoms with van der Waals surface area (Å²) in [7, 11) is 0. The second-order valence-electron chi connectivity index (χ2n) is 5.04. The zero-order valence-corrected chi connectivity index (χ0v) is 11.7. The maximum atomic E-state index is 10.2. The van der Waals surface area contributed by atoms with Gasteiger partial charge in [-0.3, -0.25) is 0 Å². The zero-order chi connectivity index (χ0) is 12.5. The molecule has 18 heavy (non-hydrogen) atoms. The smallest absolute Gasteiger partial charge is 0.126 e. The van der Waals surface area contributed by atoms with Gasteiger partial charge in [-0.05, 0) is 25.0 Å². The molecule has 1 aromatic carbocycles. The van der Waals surface area contributed by atoms with Crippen LogP contribution in [0.3, 0.4) is 0 Å². The normalized spacial score (nSPS) is 28.6. The van der Waals surface area contributed by atoms with Crippen LogP contribution in [0.5, 0.6) is 5.75 Å². The molecule has 0 bridgehead atoms. The molecule has 0 spiro atoms. The van der Waals surface area contributed by atoms with Crippen LogP contribution in [0.4, 0.5) is 0 Å². The third-order valence-corrected chi connectivity index (χ3v) is 4.35. The maximum absolute atomic E-state index is 10.2. The van der Waals surface area contributed by atoms with E-state index in [1.165, 1.54) is 0 Å². The Kier molecular flexibility index (Phi) is 3.59. The molecule has 0 amide bonds. The average molecular weight is 313 g/mol. The lowest BCUT2D eigenvalue weighted by atomic mass is 9.87. The third-order valence-electron chi connectivity index (χ3n) is 3.86. The van der Waals surface area contributed by atoms with Gasteiger partial charge in [0.15, 0.2) is 0 Å². The summed E-state index contributed by atoms with van der Waals surface area (Å²) in [4.78, 5) is 0. The van der Waals surface area contributed by atoms with Gasteiger partial charge in [-0.1, -0.05) is 22.0 Å². The highest BCUT2D eigenvalue weighted by molar-refractivity contribution is 9.10. The highest BCUT2D eigenvalue weighted by Crippen LogP contribution is 2.40. The first kappa shape index (κ1) is 12.5. The fourth-order valence-corrected chi connectivity index (χ4v) is 3.16. The Morgan fingerprint density at radius 1 is 1.22 bits per heavy atom. The predicted octanol–water partition coefficient (Wildman–Crippen LogP) is 3.06. The minimum absolute atomic E-state index is 0.116. The molecule has 4 heteroatoms. The van der Waals surface area contributed by atoms with Gasteiger partial charge in [0.2, 0.25) is 0 Å². The van der Waals surface area contributed by atoms with Gasteiger partial charge in [-0.2, -0.15) is 0 Å². The molecule has 1 N–H and O–H groups in total.